The molecular weight excluding hydrogens is 316 g/mol. The molecule has 5 heteroatoms. The van der Waals surface area contributed by atoms with Crippen LogP contribution >= 0.6 is 0 Å². The van der Waals surface area contributed by atoms with Crippen LogP contribution < -0.4 is 10.5 Å². The molecule has 4 rings (SSSR count). The quantitative estimate of drug-likeness (QED) is 0.777. The third-order valence-electron chi connectivity index (χ3n) is 4.80. The smallest absolute Gasteiger partial charge is 0.234 e. The Bertz CT molecular complexity index is 932. The Labute approximate surface area is 146 Å². The van der Waals surface area contributed by atoms with Gasteiger partial charge in [0.25, 0.3) is 0 Å². The molecule has 1 atom stereocenters. The van der Waals surface area contributed by atoms with Crippen molar-refractivity contribution in [1.29, 1.82) is 0 Å². The summed E-state index contributed by atoms with van der Waals surface area (Å²) in [5.74, 6) is 1.32. The third kappa shape index (κ3) is 2.87. The van der Waals surface area contributed by atoms with E-state index >= 15 is 0 Å². The van der Waals surface area contributed by atoms with Crippen LogP contribution in [0.15, 0.2) is 52.9 Å². The second-order valence-electron chi connectivity index (χ2n) is 6.36. The van der Waals surface area contributed by atoms with E-state index in [1.54, 1.807) is 7.11 Å². The van der Waals surface area contributed by atoms with Gasteiger partial charge in [-0.1, -0.05) is 18.2 Å². The average Bonchev–Trinajstić information content (AvgIpc) is 3.01. The van der Waals surface area contributed by atoms with Gasteiger partial charge in [-0.3, -0.25) is 9.69 Å². The topological polar surface area (TPSA) is 68.7 Å². The van der Waals surface area contributed by atoms with E-state index in [0.29, 0.717) is 0 Å². The molecule has 1 aliphatic rings. The van der Waals surface area contributed by atoms with Gasteiger partial charge < -0.3 is 14.9 Å². The highest BCUT2D eigenvalue weighted by molar-refractivity contribution is 5.84. The maximum Gasteiger partial charge on any atom is 0.234 e. The minimum atomic E-state index is -0.242. The number of hydrogen-bond donors (Lipinski definition) is 1. The first kappa shape index (κ1) is 15.7. The lowest BCUT2D eigenvalue weighted by Crippen LogP contribution is -2.54. The molecule has 128 valence electrons. The first-order valence-corrected chi connectivity index (χ1v) is 8.35. The number of hydrogen-bond acceptors (Lipinski definition) is 4. The molecule has 1 aromatic heterocycles. The highest BCUT2D eigenvalue weighted by Crippen LogP contribution is 2.34. The summed E-state index contributed by atoms with van der Waals surface area (Å²) in [4.78, 5) is 13.5. The van der Waals surface area contributed by atoms with Gasteiger partial charge in [0.2, 0.25) is 5.91 Å². The number of rotatable bonds is 5. The van der Waals surface area contributed by atoms with Crippen LogP contribution in [0.25, 0.3) is 22.3 Å². The number of ether oxygens (including phenoxy) is 1. The Kier molecular flexibility index (Phi) is 3.93. The van der Waals surface area contributed by atoms with E-state index in [4.69, 9.17) is 14.9 Å². The van der Waals surface area contributed by atoms with E-state index in [1.165, 1.54) is 0 Å². The summed E-state index contributed by atoms with van der Waals surface area (Å²) >= 11 is 0. The Hall–Kier alpha value is -2.79. The Morgan fingerprint density at radius 1 is 1.28 bits per heavy atom. The molecule has 0 radical (unpaired) electrons. The molecular formula is C20H20N2O3. The summed E-state index contributed by atoms with van der Waals surface area (Å²) < 4.78 is 11.4. The van der Waals surface area contributed by atoms with Gasteiger partial charge in [0.15, 0.2) is 0 Å². The molecule has 3 aromatic rings. The van der Waals surface area contributed by atoms with Crippen LogP contribution in [0.3, 0.4) is 0 Å². The molecule has 25 heavy (non-hydrogen) atoms. The number of benzene rings is 2. The van der Waals surface area contributed by atoms with Crippen molar-refractivity contribution in [2.75, 3.05) is 13.7 Å². The maximum atomic E-state index is 11.4. The Balaban J connectivity index is 1.62. The Morgan fingerprint density at radius 2 is 2.12 bits per heavy atom. The number of primary amides is 1. The molecule has 1 unspecified atom stereocenters. The molecule has 0 aliphatic carbocycles. The van der Waals surface area contributed by atoms with Crippen molar-refractivity contribution in [3.63, 3.8) is 0 Å². The standard InChI is InChI=1S/C20H20N2O3/c1-24-18-5-3-2-4-15(18)19-11-14-10-13(6-7-17(14)25-19)12-22-9-8-16(22)20(21)23/h2-7,10-11,16H,8-9,12H2,1H3,(H2,21,23). The van der Waals surface area contributed by atoms with Gasteiger partial charge in [-0.05, 0) is 42.3 Å². The molecule has 0 bridgehead atoms. The second kappa shape index (κ2) is 6.26. The van der Waals surface area contributed by atoms with Crippen LogP contribution in [0.4, 0.5) is 0 Å². The number of furan rings is 1. The molecule has 2 N–H and O–H groups in total. The van der Waals surface area contributed by atoms with E-state index in [1.807, 2.05) is 42.5 Å². The Morgan fingerprint density at radius 3 is 2.84 bits per heavy atom. The number of fused-ring (bicyclic) bond motifs is 1. The zero-order valence-corrected chi connectivity index (χ0v) is 14.1. The van der Waals surface area contributed by atoms with E-state index in [0.717, 1.165) is 53.1 Å². The van der Waals surface area contributed by atoms with Crippen LogP contribution in [-0.4, -0.2) is 30.5 Å². The number of carbonyl (C=O) groups is 1. The number of methoxy groups -OCH3 is 1. The molecule has 2 heterocycles. The fourth-order valence-electron chi connectivity index (χ4n) is 3.36. The number of likely N-dealkylation sites (tertiary alicyclic amines) is 1. The van der Waals surface area contributed by atoms with Crippen LogP contribution in [0.2, 0.25) is 0 Å². The van der Waals surface area contributed by atoms with Gasteiger partial charge in [0, 0.05) is 18.5 Å². The SMILES string of the molecule is COc1ccccc1-c1cc2cc(CN3CCC3C(N)=O)ccc2o1. The first-order chi connectivity index (χ1) is 12.2. The molecule has 0 saturated carbocycles. The highest BCUT2D eigenvalue weighted by Gasteiger charge is 2.32. The molecule has 1 saturated heterocycles. The molecule has 1 aliphatic heterocycles. The predicted octanol–water partition coefficient (Wildman–Crippen LogP) is 3.17. The van der Waals surface area contributed by atoms with Crippen LogP contribution in [0.5, 0.6) is 5.75 Å². The number of nitrogens with two attached hydrogens (primary N) is 1. The predicted molar refractivity (Wildman–Crippen MR) is 96.2 cm³/mol. The lowest BCUT2D eigenvalue weighted by molar-refractivity contribution is -0.127. The van der Waals surface area contributed by atoms with Crippen molar-refractivity contribution in [3.05, 3.63) is 54.1 Å². The molecule has 5 nitrogen and oxygen atoms in total. The van der Waals surface area contributed by atoms with Gasteiger partial charge >= 0.3 is 0 Å². The van der Waals surface area contributed by atoms with E-state index in [-0.39, 0.29) is 11.9 Å². The van der Waals surface area contributed by atoms with E-state index in [2.05, 4.69) is 11.0 Å². The van der Waals surface area contributed by atoms with Crippen molar-refractivity contribution in [1.82, 2.24) is 4.90 Å². The number of para-hydroxylation sites is 1. The summed E-state index contributed by atoms with van der Waals surface area (Å²) in [5.41, 5.74) is 8.33. The lowest BCUT2D eigenvalue weighted by Gasteiger charge is -2.38. The summed E-state index contributed by atoms with van der Waals surface area (Å²) in [5, 5.41) is 1.04. The third-order valence-corrected chi connectivity index (χ3v) is 4.80. The number of nitrogens with zero attached hydrogens (tertiary/aromatic N) is 1. The van der Waals surface area contributed by atoms with Gasteiger partial charge in [-0.15, -0.1) is 0 Å². The summed E-state index contributed by atoms with van der Waals surface area (Å²) in [6, 6.07) is 15.8. The van der Waals surface area contributed by atoms with Gasteiger partial charge in [-0.25, -0.2) is 0 Å². The van der Waals surface area contributed by atoms with Crippen molar-refractivity contribution >= 4 is 16.9 Å². The van der Waals surface area contributed by atoms with E-state index < -0.39 is 0 Å². The van der Waals surface area contributed by atoms with Crippen molar-refractivity contribution in [3.8, 4) is 17.1 Å². The van der Waals surface area contributed by atoms with Gasteiger partial charge in [0.1, 0.15) is 17.1 Å². The molecule has 2 aromatic carbocycles. The van der Waals surface area contributed by atoms with Crippen molar-refractivity contribution in [2.24, 2.45) is 5.73 Å². The molecule has 0 spiro atoms. The normalized spacial score (nSPS) is 17.4. The van der Waals surface area contributed by atoms with Crippen molar-refractivity contribution in [2.45, 2.75) is 19.0 Å². The van der Waals surface area contributed by atoms with Crippen molar-refractivity contribution < 1.29 is 13.9 Å². The van der Waals surface area contributed by atoms with Gasteiger partial charge in [0.05, 0.1) is 18.7 Å². The minimum Gasteiger partial charge on any atom is -0.496 e. The van der Waals surface area contributed by atoms with Gasteiger partial charge in [-0.2, -0.15) is 0 Å². The highest BCUT2D eigenvalue weighted by atomic mass is 16.5. The minimum absolute atomic E-state index is 0.135. The fourth-order valence-corrected chi connectivity index (χ4v) is 3.36. The van der Waals surface area contributed by atoms with Crippen LogP contribution in [-0.2, 0) is 11.3 Å². The zero-order chi connectivity index (χ0) is 17.4. The number of carbonyl (C=O) groups excluding carboxylic acids is 1. The average molecular weight is 336 g/mol. The fraction of sp³-hybridized carbons (Fsp3) is 0.250. The first-order valence-electron chi connectivity index (χ1n) is 8.35. The summed E-state index contributed by atoms with van der Waals surface area (Å²) in [7, 11) is 1.65. The molecule has 1 fully saturated rings. The van der Waals surface area contributed by atoms with Crippen LogP contribution in [0, 0.1) is 0 Å². The molecule has 1 amide bonds. The largest absolute Gasteiger partial charge is 0.496 e. The maximum absolute atomic E-state index is 11.4. The summed E-state index contributed by atoms with van der Waals surface area (Å²) in [6.07, 6.45) is 0.848. The monoisotopic (exact) mass is 336 g/mol. The zero-order valence-electron chi connectivity index (χ0n) is 14.1. The van der Waals surface area contributed by atoms with E-state index in [9.17, 15) is 4.79 Å². The second-order valence-corrected chi connectivity index (χ2v) is 6.36. The van der Waals surface area contributed by atoms with Crippen LogP contribution in [0.1, 0.15) is 12.0 Å². The lowest BCUT2D eigenvalue weighted by atomic mass is 10.0. The summed E-state index contributed by atoms with van der Waals surface area (Å²) in [6.45, 7) is 1.63. The number of amides is 1.